The monoisotopic (exact) mass is 640 g/mol. The Morgan fingerprint density at radius 2 is 1.72 bits per heavy atom. The molecule has 2 N–H and O–H groups in total. The van der Waals surface area contributed by atoms with Crippen molar-refractivity contribution in [2.45, 2.75) is 70.1 Å². The molecule has 0 bridgehead atoms. The average Bonchev–Trinajstić information content (AvgIpc) is 3.80. The number of thioether (sulfide) groups is 1. The Balaban J connectivity index is 0.000000235. The van der Waals surface area contributed by atoms with Crippen LogP contribution in [-0.4, -0.2) is 59.3 Å². The number of fused-ring (bicyclic) bond motifs is 1. The number of H-pyrrole nitrogens is 1. The predicted molar refractivity (Wildman–Crippen MR) is 182 cm³/mol. The first-order valence-corrected chi connectivity index (χ1v) is 16.9. The van der Waals surface area contributed by atoms with E-state index in [1.165, 1.54) is 38.8 Å². The summed E-state index contributed by atoms with van der Waals surface area (Å²) >= 11 is 14.2. The minimum atomic E-state index is -0.0852. The molecule has 3 aliphatic heterocycles. The lowest BCUT2D eigenvalue weighted by Crippen LogP contribution is -2.38. The number of nitrogens with one attached hydrogen (secondary N) is 2. The van der Waals surface area contributed by atoms with Gasteiger partial charge in [0.1, 0.15) is 0 Å². The first-order valence-electron chi connectivity index (χ1n) is 15.1. The summed E-state index contributed by atoms with van der Waals surface area (Å²) in [6.45, 7) is 12.6. The largest absolute Gasteiger partial charge is 0.359 e. The molecular weight excluding hydrogens is 599 g/mol. The topological polar surface area (TPSA) is 68.4 Å². The summed E-state index contributed by atoms with van der Waals surface area (Å²) in [5.41, 5.74) is 6.46. The molecule has 2 aromatic carbocycles. The third-order valence-corrected chi connectivity index (χ3v) is 9.65. The zero-order valence-corrected chi connectivity index (χ0v) is 27.8. The van der Waals surface area contributed by atoms with Gasteiger partial charge in [-0.3, -0.25) is 9.59 Å². The van der Waals surface area contributed by atoms with E-state index in [9.17, 15) is 9.59 Å². The highest BCUT2D eigenvalue weighted by atomic mass is 35.5. The Morgan fingerprint density at radius 1 is 1.00 bits per heavy atom. The predicted octanol–water partition coefficient (Wildman–Crippen LogP) is 8.45. The number of likely N-dealkylation sites (tertiary alicyclic amines) is 2. The zero-order chi connectivity index (χ0) is 30.9. The van der Waals surface area contributed by atoms with Crippen molar-refractivity contribution in [1.29, 1.82) is 0 Å². The van der Waals surface area contributed by atoms with Gasteiger partial charge in [0.05, 0.1) is 5.57 Å². The summed E-state index contributed by atoms with van der Waals surface area (Å²) in [4.78, 5) is 32.0. The van der Waals surface area contributed by atoms with Crippen LogP contribution < -0.4 is 5.32 Å². The molecule has 2 amide bonds. The molecule has 1 unspecified atom stereocenters. The minimum Gasteiger partial charge on any atom is -0.359 e. The van der Waals surface area contributed by atoms with E-state index in [1.54, 1.807) is 11.8 Å². The fourth-order valence-electron chi connectivity index (χ4n) is 5.73. The van der Waals surface area contributed by atoms with E-state index >= 15 is 0 Å². The molecule has 4 heterocycles. The number of nitrogens with zero attached hydrogens (tertiary/aromatic N) is 2. The average molecular weight is 642 g/mol. The number of aryl methyl sites for hydroxylation is 2. The Hall–Kier alpha value is -2.71. The standard InChI is InChI=1S/C22H18Cl2N2OS.C10H18N2O.C2H6/c1-12-8-13(2)25-21(12)10-16-15-9-14(6-7-20(15)26-22(16)27)28-11-17-18(23)4-3-5-19(17)24;13-9-12-7-3-4-10(12)8-11-5-1-2-6-11;1-2/h3-10,25H,11H2,1-2H3,(H,26,27);9-10H,1-8H2;1-2H3/b16-10-;;. The van der Waals surface area contributed by atoms with E-state index < -0.39 is 0 Å². The molecule has 3 aromatic rings. The Labute approximate surface area is 270 Å². The Kier molecular flexibility index (Phi) is 12.2. The van der Waals surface area contributed by atoms with Crippen LogP contribution in [0, 0.1) is 13.8 Å². The van der Waals surface area contributed by atoms with Gasteiger partial charge in [-0.25, -0.2) is 0 Å². The Bertz CT molecular complexity index is 1430. The maximum absolute atomic E-state index is 12.5. The molecule has 1 aromatic heterocycles. The number of hydrogen-bond acceptors (Lipinski definition) is 4. The van der Waals surface area contributed by atoms with Gasteiger partial charge in [-0.2, -0.15) is 0 Å². The van der Waals surface area contributed by atoms with E-state index in [4.69, 9.17) is 23.2 Å². The third-order valence-electron chi connectivity index (χ3n) is 7.92. The van der Waals surface area contributed by atoms with Crippen LogP contribution in [-0.2, 0) is 15.3 Å². The number of carbonyl (C=O) groups is 2. The molecular formula is C34H42Cl2N4O2S. The maximum Gasteiger partial charge on any atom is 0.256 e. The number of rotatable bonds is 7. The summed E-state index contributed by atoms with van der Waals surface area (Å²) in [6, 6.07) is 14.1. The van der Waals surface area contributed by atoms with Gasteiger partial charge < -0.3 is 20.1 Å². The van der Waals surface area contributed by atoms with Gasteiger partial charge in [0.15, 0.2) is 0 Å². The van der Waals surface area contributed by atoms with E-state index in [2.05, 4.69) is 21.3 Å². The molecule has 3 aliphatic rings. The highest BCUT2D eigenvalue weighted by molar-refractivity contribution is 7.98. The van der Waals surface area contributed by atoms with Crippen LogP contribution in [0.3, 0.4) is 0 Å². The zero-order valence-electron chi connectivity index (χ0n) is 25.5. The molecule has 43 heavy (non-hydrogen) atoms. The molecule has 0 saturated carbocycles. The normalized spacial score (nSPS) is 18.6. The lowest BCUT2D eigenvalue weighted by atomic mass is 10.1. The van der Waals surface area contributed by atoms with Gasteiger partial charge in [-0.1, -0.05) is 43.1 Å². The number of amides is 2. The van der Waals surface area contributed by atoms with Crippen LogP contribution in [0.25, 0.3) is 11.6 Å². The molecule has 6 rings (SSSR count). The first-order chi connectivity index (χ1) is 20.8. The van der Waals surface area contributed by atoms with Gasteiger partial charge in [-0.15, -0.1) is 11.8 Å². The third kappa shape index (κ3) is 8.48. The second-order valence-corrected chi connectivity index (χ2v) is 12.8. The number of hydrogen-bond donors (Lipinski definition) is 2. The number of benzene rings is 2. The molecule has 230 valence electrons. The van der Waals surface area contributed by atoms with Crippen LogP contribution in [0.4, 0.5) is 5.69 Å². The van der Waals surface area contributed by atoms with E-state index in [0.717, 1.165) is 58.2 Å². The highest BCUT2D eigenvalue weighted by Crippen LogP contribution is 2.38. The van der Waals surface area contributed by atoms with E-state index in [0.29, 0.717) is 27.4 Å². The molecule has 6 nitrogen and oxygen atoms in total. The molecule has 2 saturated heterocycles. The van der Waals surface area contributed by atoms with Crippen LogP contribution >= 0.6 is 35.0 Å². The van der Waals surface area contributed by atoms with Gasteiger partial charge in [-0.05, 0) is 106 Å². The number of halogens is 2. The molecule has 9 heteroatoms. The second-order valence-electron chi connectivity index (χ2n) is 10.9. The summed E-state index contributed by atoms with van der Waals surface area (Å²) in [7, 11) is 0. The summed E-state index contributed by atoms with van der Waals surface area (Å²) in [5.74, 6) is 0.574. The van der Waals surface area contributed by atoms with Crippen molar-refractivity contribution >= 4 is 64.6 Å². The second kappa shape index (κ2) is 15.8. The van der Waals surface area contributed by atoms with Crippen molar-refractivity contribution in [2.24, 2.45) is 0 Å². The number of anilines is 1. The fraction of sp³-hybridized carbons (Fsp3) is 0.412. The van der Waals surface area contributed by atoms with Crippen LogP contribution in [0.5, 0.6) is 0 Å². The van der Waals surface area contributed by atoms with Gasteiger partial charge in [0, 0.05) is 62.5 Å². The fourth-order valence-corrected chi connectivity index (χ4v) is 7.40. The summed E-state index contributed by atoms with van der Waals surface area (Å²) in [6.07, 6.45) is 8.02. The number of carbonyl (C=O) groups excluding carboxylic acids is 2. The van der Waals surface area contributed by atoms with E-state index in [1.807, 2.05) is 75.1 Å². The van der Waals surface area contributed by atoms with Gasteiger partial charge >= 0.3 is 0 Å². The lowest BCUT2D eigenvalue weighted by molar-refractivity contribution is -0.119. The Morgan fingerprint density at radius 3 is 2.37 bits per heavy atom. The lowest BCUT2D eigenvalue weighted by Gasteiger charge is -2.25. The molecule has 0 aliphatic carbocycles. The number of aromatic amines is 1. The quantitative estimate of drug-likeness (QED) is 0.154. The van der Waals surface area contributed by atoms with Crippen molar-refractivity contribution < 1.29 is 9.59 Å². The van der Waals surface area contributed by atoms with Gasteiger partial charge in [0.25, 0.3) is 5.91 Å². The van der Waals surface area contributed by atoms with Gasteiger partial charge in [0.2, 0.25) is 6.41 Å². The molecule has 2 fully saturated rings. The molecule has 0 spiro atoms. The highest BCUT2D eigenvalue weighted by Gasteiger charge is 2.26. The minimum absolute atomic E-state index is 0.0852. The molecule has 0 radical (unpaired) electrons. The van der Waals surface area contributed by atoms with Crippen molar-refractivity contribution in [2.75, 3.05) is 31.5 Å². The summed E-state index contributed by atoms with van der Waals surface area (Å²) in [5, 5.41) is 4.27. The van der Waals surface area contributed by atoms with Crippen molar-refractivity contribution in [1.82, 2.24) is 14.8 Å². The van der Waals surface area contributed by atoms with Crippen LogP contribution in [0.2, 0.25) is 10.0 Å². The summed E-state index contributed by atoms with van der Waals surface area (Å²) < 4.78 is 0. The first kappa shape index (κ1) is 33.2. The van der Waals surface area contributed by atoms with Crippen LogP contribution in [0.1, 0.15) is 67.6 Å². The molecule has 1 atom stereocenters. The SMILES string of the molecule is CC.Cc1cc(C)c(/C=C2\C(=O)Nc3ccc(SCc4c(Cl)cccc4Cl)cc32)[nH]1.O=CN1CCCC1CN1CCCC1. The van der Waals surface area contributed by atoms with Crippen molar-refractivity contribution in [3.05, 3.63) is 80.6 Å². The number of aromatic nitrogens is 1. The van der Waals surface area contributed by atoms with Crippen LogP contribution in [0.15, 0.2) is 47.4 Å². The van der Waals surface area contributed by atoms with Crippen molar-refractivity contribution in [3.63, 3.8) is 0 Å². The smallest absolute Gasteiger partial charge is 0.256 e. The maximum atomic E-state index is 12.5. The van der Waals surface area contributed by atoms with E-state index in [-0.39, 0.29) is 5.91 Å². The van der Waals surface area contributed by atoms with Crippen molar-refractivity contribution in [3.8, 4) is 0 Å².